The number of hydrogen-bond acceptors (Lipinski definition) is 3. The normalized spacial score (nSPS) is 32.2. The Morgan fingerprint density at radius 2 is 2.33 bits per heavy atom. The van der Waals surface area contributed by atoms with Crippen LogP contribution in [0.3, 0.4) is 0 Å². The quantitative estimate of drug-likeness (QED) is 0.779. The van der Waals surface area contributed by atoms with Gasteiger partial charge in [0.2, 0.25) is 0 Å². The van der Waals surface area contributed by atoms with E-state index >= 15 is 0 Å². The highest BCUT2D eigenvalue weighted by Crippen LogP contribution is 2.58. The standard InChI is InChI=1S/C20H24BrNO2/c1-3-7-22-8-6-20-11-13(23)4-5-15(20)17(22)10-14-16(21)9-12(2)19(24)18(14)20/h3,9,15,17,24H,1,4-8,10-11H2,2H3. The molecule has 4 rings (SSSR count). The molecule has 24 heavy (non-hydrogen) atoms. The Kier molecular flexibility index (Phi) is 3.88. The number of fused-ring (bicyclic) bond motifs is 1. The van der Waals surface area contributed by atoms with Crippen molar-refractivity contribution < 1.29 is 9.90 Å². The molecule has 128 valence electrons. The Labute approximate surface area is 151 Å². The lowest BCUT2D eigenvalue weighted by Crippen LogP contribution is -2.62. The lowest BCUT2D eigenvalue weighted by atomic mass is 9.51. The minimum atomic E-state index is -0.177. The van der Waals surface area contributed by atoms with Gasteiger partial charge in [0.15, 0.2) is 0 Å². The van der Waals surface area contributed by atoms with Gasteiger partial charge in [0.05, 0.1) is 0 Å². The number of aryl methyl sites for hydroxylation is 1. The maximum absolute atomic E-state index is 12.4. The van der Waals surface area contributed by atoms with Crippen molar-refractivity contribution in [3.63, 3.8) is 0 Å². The first-order valence-electron chi connectivity index (χ1n) is 8.86. The predicted octanol–water partition coefficient (Wildman–Crippen LogP) is 3.89. The fraction of sp³-hybridized carbons (Fsp3) is 0.550. The van der Waals surface area contributed by atoms with Crippen LogP contribution in [0.4, 0.5) is 0 Å². The molecule has 1 aromatic carbocycles. The van der Waals surface area contributed by atoms with E-state index in [2.05, 4.69) is 27.4 Å². The van der Waals surface area contributed by atoms with Crippen LogP contribution < -0.4 is 0 Å². The van der Waals surface area contributed by atoms with Crippen molar-refractivity contribution in [2.45, 2.75) is 50.5 Å². The number of phenolic OH excluding ortho intramolecular Hbond substituents is 1. The molecule has 3 aliphatic rings. The van der Waals surface area contributed by atoms with E-state index in [1.807, 2.05) is 19.1 Å². The minimum absolute atomic E-state index is 0.177. The van der Waals surface area contributed by atoms with Gasteiger partial charge in [-0.05, 0) is 55.8 Å². The van der Waals surface area contributed by atoms with E-state index in [1.54, 1.807) is 0 Å². The SMILES string of the molecule is C=CCN1CCC23CC(=O)CCC2C1Cc1c(Br)cc(C)c(O)c13. The van der Waals surface area contributed by atoms with Crippen LogP contribution in [0.2, 0.25) is 0 Å². The van der Waals surface area contributed by atoms with Crippen LogP contribution in [0.5, 0.6) is 5.75 Å². The average molecular weight is 390 g/mol. The summed E-state index contributed by atoms with van der Waals surface area (Å²) in [4.78, 5) is 14.9. The van der Waals surface area contributed by atoms with Gasteiger partial charge in [-0.3, -0.25) is 9.69 Å². The molecule has 1 N–H and O–H groups in total. The fourth-order valence-corrected chi connectivity index (χ4v) is 6.28. The van der Waals surface area contributed by atoms with Crippen LogP contribution in [0.15, 0.2) is 23.2 Å². The molecule has 2 aliphatic carbocycles. The number of nitrogens with zero attached hydrogens (tertiary/aromatic N) is 1. The number of carbonyl (C=O) groups is 1. The van der Waals surface area contributed by atoms with Gasteiger partial charge in [-0.15, -0.1) is 6.58 Å². The molecular weight excluding hydrogens is 366 g/mol. The highest BCUT2D eigenvalue weighted by atomic mass is 79.9. The summed E-state index contributed by atoms with van der Waals surface area (Å²) in [5.74, 6) is 1.23. The predicted molar refractivity (Wildman–Crippen MR) is 98.4 cm³/mol. The van der Waals surface area contributed by atoms with Crippen molar-refractivity contribution in [1.29, 1.82) is 0 Å². The maximum Gasteiger partial charge on any atom is 0.133 e. The molecule has 3 unspecified atom stereocenters. The topological polar surface area (TPSA) is 40.5 Å². The highest BCUT2D eigenvalue weighted by molar-refractivity contribution is 9.10. The first-order valence-corrected chi connectivity index (χ1v) is 9.65. The molecular formula is C20H24BrNO2. The minimum Gasteiger partial charge on any atom is -0.507 e. The van der Waals surface area contributed by atoms with Gasteiger partial charge in [0.25, 0.3) is 0 Å². The van der Waals surface area contributed by atoms with Crippen molar-refractivity contribution in [3.8, 4) is 5.75 Å². The second-order valence-electron chi connectivity index (χ2n) is 7.70. The number of piperidine rings is 1. The fourth-order valence-electron chi connectivity index (χ4n) is 5.57. The monoisotopic (exact) mass is 389 g/mol. The summed E-state index contributed by atoms with van der Waals surface area (Å²) in [6.07, 6.45) is 6.10. The molecule has 1 aliphatic heterocycles. The summed E-state index contributed by atoms with van der Waals surface area (Å²) in [6.45, 7) is 7.75. The molecule has 3 nitrogen and oxygen atoms in total. The summed E-state index contributed by atoms with van der Waals surface area (Å²) in [5.41, 5.74) is 3.01. The summed E-state index contributed by atoms with van der Waals surface area (Å²) >= 11 is 3.73. The lowest BCUT2D eigenvalue weighted by molar-refractivity contribution is -0.127. The number of Topliss-reactive ketones (excluding diaryl/α,β-unsaturated/α-hetero) is 1. The molecule has 0 amide bonds. The van der Waals surface area contributed by atoms with Gasteiger partial charge in [0.1, 0.15) is 11.5 Å². The third-order valence-corrected chi connectivity index (χ3v) is 7.26. The van der Waals surface area contributed by atoms with Gasteiger partial charge in [-0.2, -0.15) is 0 Å². The van der Waals surface area contributed by atoms with E-state index in [0.717, 1.165) is 48.0 Å². The maximum atomic E-state index is 12.4. The van der Waals surface area contributed by atoms with Gasteiger partial charge < -0.3 is 5.11 Å². The molecule has 0 aromatic heterocycles. The van der Waals surface area contributed by atoms with Crippen LogP contribution in [-0.2, 0) is 16.6 Å². The number of carbonyl (C=O) groups excluding carboxylic acids is 1. The Balaban J connectivity index is 1.94. The zero-order chi connectivity index (χ0) is 17.1. The Morgan fingerprint density at radius 3 is 3.08 bits per heavy atom. The zero-order valence-electron chi connectivity index (χ0n) is 14.1. The van der Waals surface area contributed by atoms with E-state index < -0.39 is 0 Å². The van der Waals surface area contributed by atoms with E-state index in [-0.39, 0.29) is 5.41 Å². The van der Waals surface area contributed by atoms with E-state index in [1.165, 1.54) is 5.56 Å². The Bertz CT molecular complexity index is 729. The number of likely N-dealkylation sites (tertiary alicyclic amines) is 1. The second-order valence-corrected chi connectivity index (χ2v) is 8.55. The second kappa shape index (κ2) is 5.70. The number of phenols is 1. The summed E-state index contributed by atoms with van der Waals surface area (Å²) in [6, 6.07) is 2.46. The average Bonchev–Trinajstić information content (AvgIpc) is 2.54. The smallest absolute Gasteiger partial charge is 0.133 e. The first kappa shape index (κ1) is 16.3. The number of ketones is 1. The molecule has 3 atom stereocenters. The van der Waals surface area contributed by atoms with Crippen LogP contribution in [0, 0.1) is 12.8 Å². The number of hydrogen-bond donors (Lipinski definition) is 1. The summed E-state index contributed by atoms with van der Waals surface area (Å²) < 4.78 is 1.08. The van der Waals surface area contributed by atoms with Gasteiger partial charge in [0, 0.05) is 40.9 Å². The molecule has 1 saturated heterocycles. The largest absolute Gasteiger partial charge is 0.507 e. The van der Waals surface area contributed by atoms with Gasteiger partial charge >= 0.3 is 0 Å². The molecule has 1 heterocycles. The van der Waals surface area contributed by atoms with Crippen molar-refractivity contribution in [2.24, 2.45) is 5.92 Å². The van der Waals surface area contributed by atoms with Crippen LogP contribution in [-0.4, -0.2) is 34.9 Å². The van der Waals surface area contributed by atoms with Crippen molar-refractivity contribution in [2.75, 3.05) is 13.1 Å². The number of halogens is 1. The van der Waals surface area contributed by atoms with Crippen molar-refractivity contribution in [1.82, 2.24) is 4.90 Å². The van der Waals surface area contributed by atoms with Crippen LogP contribution in [0.1, 0.15) is 42.4 Å². The lowest BCUT2D eigenvalue weighted by Gasteiger charge is -2.58. The van der Waals surface area contributed by atoms with E-state index in [4.69, 9.17) is 0 Å². The molecule has 2 fully saturated rings. The third kappa shape index (κ3) is 2.15. The van der Waals surface area contributed by atoms with Crippen LogP contribution >= 0.6 is 15.9 Å². The molecule has 2 bridgehead atoms. The van der Waals surface area contributed by atoms with Crippen molar-refractivity contribution in [3.05, 3.63) is 39.9 Å². The highest BCUT2D eigenvalue weighted by Gasteiger charge is 2.56. The van der Waals surface area contributed by atoms with E-state index in [9.17, 15) is 9.90 Å². The zero-order valence-corrected chi connectivity index (χ0v) is 15.7. The van der Waals surface area contributed by atoms with Gasteiger partial charge in [-0.25, -0.2) is 0 Å². The molecule has 0 spiro atoms. The van der Waals surface area contributed by atoms with Crippen molar-refractivity contribution >= 4 is 21.7 Å². The number of benzene rings is 1. The van der Waals surface area contributed by atoms with Crippen LogP contribution in [0.25, 0.3) is 0 Å². The number of rotatable bonds is 2. The third-order valence-electron chi connectivity index (χ3n) is 6.55. The molecule has 1 saturated carbocycles. The Hall–Kier alpha value is -1.13. The number of aromatic hydroxyl groups is 1. The first-order chi connectivity index (χ1) is 11.5. The molecule has 4 heteroatoms. The summed E-state index contributed by atoms with van der Waals surface area (Å²) in [7, 11) is 0. The van der Waals surface area contributed by atoms with Gasteiger partial charge in [-0.1, -0.05) is 22.0 Å². The Morgan fingerprint density at radius 1 is 1.54 bits per heavy atom. The van der Waals surface area contributed by atoms with E-state index in [0.29, 0.717) is 36.3 Å². The molecule has 0 radical (unpaired) electrons. The molecule has 1 aromatic rings. The summed E-state index contributed by atoms with van der Waals surface area (Å²) in [5, 5.41) is 10.9.